The summed E-state index contributed by atoms with van der Waals surface area (Å²) in [6.07, 6.45) is 3.39. The van der Waals surface area contributed by atoms with Gasteiger partial charge in [-0.15, -0.1) is 11.3 Å². The lowest BCUT2D eigenvalue weighted by Crippen LogP contribution is -2.27. The van der Waals surface area contributed by atoms with Gasteiger partial charge in [0.2, 0.25) is 15.2 Å². The fourth-order valence-electron chi connectivity index (χ4n) is 3.29. The second kappa shape index (κ2) is 9.04. The van der Waals surface area contributed by atoms with E-state index in [9.17, 15) is 13.5 Å². The van der Waals surface area contributed by atoms with Crippen LogP contribution in [0.4, 0.5) is 5.13 Å². The third-order valence-electron chi connectivity index (χ3n) is 4.91. The van der Waals surface area contributed by atoms with E-state index in [1.807, 2.05) is 11.4 Å². The van der Waals surface area contributed by atoms with Crippen molar-refractivity contribution in [1.82, 2.24) is 9.29 Å². The number of hydrazone groups is 1. The molecule has 0 amide bonds. The number of hydrogen-bond donors (Lipinski definition) is 2. The SMILES string of the molecule is COc1cc(/C=N/Nc2nc(-c3cccc(S(=O)(=O)N4CCCC4)c3)cs2)ccc1O. The zero-order valence-corrected chi connectivity index (χ0v) is 18.5. The Bertz CT molecular complexity index is 1200. The summed E-state index contributed by atoms with van der Waals surface area (Å²) in [5.74, 6) is 0.426. The number of phenols is 1. The molecule has 0 atom stereocenters. The van der Waals surface area contributed by atoms with Gasteiger partial charge in [-0.3, -0.25) is 5.43 Å². The highest BCUT2D eigenvalue weighted by atomic mass is 32.2. The van der Waals surface area contributed by atoms with Crippen molar-refractivity contribution in [1.29, 1.82) is 0 Å². The number of nitrogens with zero attached hydrogens (tertiary/aromatic N) is 3. The van der Waals surface area contributed by atoms with Crippen LogP contribution in [0.2, 0.25) is 0 Å². The summed E-state index contributed by atoms with van der Waals surface area (Å²) in [5.41, 5.74) is 5.03. The maximum absolute atomic E-state index is 12.8. The quantitative estimate of drug-likeness (QED) is 0.413. The van der Waals surface area contributed by atoms with Gasteiger partial charge in [0.25, 0.3) is 0 Å². The maximum atomic E-state index is 12.8. The minimum absolute atomic E-state index is 0.0613. The third-order valence-corrected chi connectivity index (χ3v) is 7.56. The fraction of sp³-hybridized carbons (Fsp3) is 0.238. The van der Waals surface area contributed by atoms with Gasteiger partial charge in [-0.1, -0.05) is 12.1 Å². The van der Waals surface area contributed by atoms with Crippen LogP contribution in [0.5, 0.6) is 11.5 Å². The standard InChI is InChI=1S/C21H22N4O4S2/c1-29-20-11-15(7-8-19(20)26)13-22-24-21-23-18(14-30-21)16-5-4-6-17(12-16)31(27,28)25-9-2-3-10-25/h4-8,11-14,26H,2-3,9-10H2,1H3,(H,23,24)/b22-13+. The van der Waals surface area contributed by atoms with Crippen LogP contribution in [0.25, 0.3) is 11.3 Å². The molecule has 0 bridgehead atoms. The predicted molar refractivity (Wildman–Crippen MR) is 121 cm³/mol. The number of sulfonamides is 1. The molecule has 1 aliphatic heterocycles. The van der Waals surface area contributed by atoms with Gasteiger partial charge < -0.3 is 9.84 Å². The molecule has 2 N–H and O–H groups in total. The molecule has 0 spiro atoms. The Balaban J connectivity index is 1.48. The Labute approximate surface area is 184 Å². The van der Waals surface area contributed by atoms with Gasteiger partial charge >= 0.3 is 0 Å². The highest BCUT2D eigenvalue weighted by Gasteiger charge is 2.27. The Kier molecular flexibility index (Phi) is 6.21. The molecule has 2 aromatic carbocycles. The summed E-state index contributed by atoms with van der Waals surface area (Å²) in [4.78, 5) is 4.79. The van der Waals surface area contributed by atoms with Gasteiger partial charge in [-0.25, -0.2) is 13.4 Å². The molecule has 4 rings (SSSR count). The van der Waals surface area contributed by atoms with Crippen molar-refractivity contribution in [2.45, 2.75) is 17.7 Å². The highest BCUT2D eigenvalue weighted by Crippen LogP contribution is 2.29. The lowest BCUT2D eigenvalue weighted by molar-refractivity contribution is 0.373. The molecule has 1 saturated heterocycles. The Morgan fingerprint density at radius 3 is 2.81 bits per heavy atom. The van der Waals surface area contributed by atoms with E-state index in [-0.39, 0.29) is 10.6 Å². The molecule has 8 nitrogen and oxygen atoms in total. The van der Waals surface area contributed by atoms with Gasteiger partial charge in [0.1, 0.15) is 0 Å². The first-order valence-electron chi connectivity index (χ1n) is 9.69. The first-order valence-corrected chi connectivity index (χ1v) is 12.0. The van der Waals surface area contributed by atoms with Gasteiger partial charge in [0.05, 0.1) is 23.9 Å². The average molecular weight is 459 g/mol. The zero-order chi connectivity index (χ0) is 21.8. The number of rotatable bonds is 7. The lowest BCUT2D eigenvalue weighted by atomic mass is 10.2. The van der Waals surface area contributed by atoms with E-state index in [4.69, 9.17) is 4.74 Å². The van der Waals surface area contributed by atoms with Gasteiger partial charge in [-0.05, 0) is 48.7 Å². The van der Waals surface area contributed by atoms with Crippen LogP contribution in [-0.4, -0.2) is 49.2 Å². The first kappa shape index (κ1) is 21.3. The molecule has 2 heterocycles. The van der Waals surface area contributed by atoms with Crippen molar-refractivity contribution >= 4 is 32.7 Å². The number of thiazole rings is 1. The zero-order valence-electron chi connectivity index (χ0n) is 16.9. The monoisotopic (exact) mass is 458 g/mol. The van der Waals surface area contributed by atoms with Crippen LogP contribution < -0.4 is 10.2 Å². The van der Waals surface area contributed by atoms with Crippen molar-refractivity contribution in [2.75, 3.05) is 25.6 Å². The van der Waals surface area contributed by atoms with Crippen LogP contribution in [0.15, 0.2) is 57.8 Å². The lowest BCUT2D eigenvalue weighted by Gasteiger charge is -2.15. The molecular weight excluding hydrogens is 436 g/mol. The average Bonchev–Trinajstić information content (AvgIpc) is 3.48. The topological polar surface area (TPSA) is 104 Å². The smallest absolute Gasteiger partial charge is 0.243 e. The third kappa shape index (κ3) is 4.71. The predicted octanol–water partition coefficient (Wildman–Crippen LogP) is 3.75. The molecule has 0 aliphatic carbocycles. The molecule has 1 aromatic heterocycles. The summed E-state index contributed by atoms with van der Waals surface area (Å²) in [6, 6.07) is 11.8. The number of anilines is 1. The van der Waals surface area contributed by atoms with Crippen molar-refractivity contribution < 1.29 is 18.3 Å². The number of nitrogens with one attached hydrogen (secondary N) is 1. The molecule has 10 heteroatoms. The number of aromatic nitrogens is 1. The Hall–Kier alpha value is -2.95. The van der Waals surface area contributed by atoms with Crippen molar-refractivity contribution in [3.8, 4) is 22.8 Å². The van der Waals surface area contributed by atoms with Crippen molar-refractivity contribution in [3.05, 3.63) is 53.4 Å². The van der Waals surface area contributed by atoms with Crippen molar-refractivity contribution in [2.24, 2.45) is 5.10 Å². The Morgan fingerprint density at radius 1 is 1.23 bits per heavy atom. The molecular formula is C21H22N4O4S2. The van der Waals surface area contributed by atoms with Crippen LogP contribution in [-0.2, 0) is 10.0 Å². The molecule has 31 heavy (non-hydrogen) atoms. The fourth-order valence-corrected chi connectivity index (χ4v) is 5.52. The number of benzene rings is 2. The Morgan fingerprint density at radius 2 is 2.03 bits per heavy atom. The maximum Gasteiger partial charge on any atom is 0.243 e. The van der Waals surface area contributed by atoms with E-state index >= 15 is 0 Å². The number of methoxy groups -OCH3 is 1. The van der Waals surface area contributed by atoms with Crippen LogP contribution in [0.3, 0.4) is 0 Å². The second-order valence-corrected chi connectivity index (χ2v) is 9.77. The number of phenolic OH excluding ortho intramolecular Hbond substituents is 1. The van der Waals surface area contributed by atoms with Crippen molar-refractivity contribution in [3.63, 3.8) is 0 Å². The van der Waals surface area contributed by atoms with Gasteiger partial charge in [0, 0.05) is 24.0 Å². The molecule has 1 aliphatic rings. The van der Waals surface area contributed by atoms with Crippen LogP contribution in [0, 0.1) is 0 Å². The molecule has 1 fully saturated rings. The van der Waals surface area contributed by atoms with Gasteiger partial charge in [0.15, 0.2) is 11.5 Å². The number of aromatic hydroxyl groups is 1. The first-order chi connectivity index (χ1) is 15.0. The molecule has 162 valence electrons. The van der Waals surface area contributed by atoms with Gasteiger partial charge in [-0.2, -0.15) is 9.41 Å². The molecule has 0 radical (unpaired) electrons. The number of ether oxygens (including phenoxy) is 1. The van der Waals surface area contributed by atoms with E-state index in [1.165, 1.54) is 28.8 Å². The molecule has 0 saturated carbocycles. The minimum Gasteiger partial charge on any atom is -0.504 e. The normalized spacial score (nSPS) is 14.9. The van der Waals surface area contributed by atoms with Crippen LogP contribution >= 0.6 is 11.3 Å². The van der Waals surface area contributed by atoms with E-state index in [1.54, 1.807) is 36.5 Å². The number of hydrogen-bond acceptors (Lipinski definition) is 8. The summed E-state index contributed by atoms with van der Waals surface area (Å²) in [7, 11) is -1.99. The summed E-state index contributed by atoms with van der Waals surface area (Å²) >= 11 is 1.37. The summed E-state index contributed by atoms with van der Waals surface area (Å²) in [6.45, 7) is 1.14. The van der Waals surface area contributed by atoms with E-state index < -0.39 is 10.0 Å². The van der Waals surface area contributed by atoms with E-state index in [0.717, 1.165) is 24.0 Å². The van der Waals surface area contributed by atoms with Crippen LogP contribution in [0.1, 0.15) is 18.4 Å². The summed E-state index contributed by atoms with van der Waals surface area (Å²) < 4.78 is 32.3. The molecule has 0 unspecified atom stereocenters. The largest absolute Gasteiger partial charge is 0.504 e. The highest BCUT2D eigenvalue weighted by molar-refractivity contribution is 7.89. The second-order valence-electron chi connectivity index (χ2n) is 6.98. The minimum atomic E-state index is -3.47. The van der Waals surface area contributed by atoms with E-state index in [2.05, 4.69) is 15.5 Å². The summed E-state index contributed by atoms with van der Waals surface area (Å²) in [5, 5.41) is 16.2. The van der Waals surface area contributed by atoms with E-state index in [0.29, 0.717) is 29.7 Å². The molecule has 3 aromatic rings.